The normalized spacial score (nSPS) is 10.5. The highest BCUT2D eigenvalue weighted by atomic mass is 32.1. The number of nitrogen functional groups attached to an aromatic ring is 1. The third-order valence-electron chi connectivity index (χ3n) is 7.85. The summed E-state index contributed by atoms with van der Waals surface area (Å²) in [7, 11) is 6.35. The van der Waals surface area contributed by atoms with Crippen LogP contribution in [0.2, 0.25) is 0 Å². The molecule has 4 N–H and O–H groups in total. The van der Waals surface area contributed by atoms with Gasteiger partial charge >= 0.3 is 6.03 Å². The predicted octanol–water partition coefficient (Wildman–Crippen LogP) is 8.73. The topological polar surface area (TPSA) is 174 Å². The number of fused-ring (bicyclic) bond motifs is 2. The minimum Gasteiger partial charge on any atom is -0.493 e. The molecule has 0 unspecified atom stereocenters. The summed E-state index contributed by atoms with van der Waals surface area (Å²) in [5.41, 5.74) is 8.48. The second kappa shape index (κ2) is 17.1. The summed E-state index contributed by atoms with van der Waals surface area (Å²) in [6.07, 6.45) is 4.14. The average Bonchev–Trinajstić information content (AvgIpc) is 3.66. The van der Waals surface area contributed by atoms with Crippen LogP contribution < -0.4 is 44.8 Å². The Morgan fingerprint density at radius 1 is 0.630 bits per heavy atom. The molecule has 14 nitrogen and oxygen atoms in total. The number of nitrogens with two attached hydrogens (primary N) is 1. The van der Waals surface area contributed by atoms with Crippen LogP contribution in [0.15, 0.2) is 97.3 Å². The highest BCUT2D eigenvalue weighted by Gasteiger charge is 2.13. The molecule has 0 bridgehead atoms. The smallest absolute Gasteiger partial charge is 0.325 e. The molecule has 0 aliphatic rings. The zero-order valence-corrected chi connectivity index (χ0v) is 30.9. The summed E-state index contributed by atoms with van der Waals surface area (Å²) < 4.78 is 33.3. The van der Waals surface area contributed by atoms with E-state index in [1.165, 1.54) is 11.3 Å². The molecule has 0 aliphatic carbocycles. The predicted molar refractivity (Wildman–Crippen MR) is 209 cm³/mol. The number of amides is 2. The standard InChI is InChI=1S/C22H21N5O4S.C17H16N2O3/c1-4-20-26-27-22(32-20)25-21(28)24-13-5-7-14(8-6-13)31-17-9-10-23-16-12-19(30-3)18(29-2)11-15(16)17;1-20-16-9-13-14(10-17(16)21-2)19-8-7-15(13)22-12-5-3-11(18)4-6-12/h5-12H,4H2,1-3H3,(H2,24,25,27,28);3-10H,18H2,1-2H3. The van der Waals surface area contributed by atoms with E-state index in [0.717, 1.165) is 33.2 Å². The maximum atomic E-state index is 12.2. The van der Waals surface area contributed by atoms with Crippen molar-refractivity contribution in [2.45, 2.75) is 13.3 Å². The number of ether oxygens (including phenoxy) is 6. The quantitative estimate of drug-likeness (QED) is 0.108. The fraction of sp³-hybridized carbons (Fsp3) is 0.154. The van der Waals surface area contributed by atoms with Crippen molar-refractivity contribution < 1.29 is 33.2 Å². The molecule has 3 heterocycles. The molecule has 15 heteroatoms. The molecule has 54 heavy (non-hydrogen) atoms. The third-order valence-corrected chi connectivity index (χ3v) is 8.83. The Bertz CT molecular complexity index is 2370. The lowest BCUT2D eigenvalue weighted by molar-refractivity contribution is 0.262. The van der Waals surface area contributed by atoms with Crippen molar-refractivity contribution in [2.75, 3.05) is 44.8 Å². The van der Waals surface area contributed by atoms with Crippen molar-refractivity contribution in [1.29, 1.82) is 0 Å². The van der Waals surface area contributed by atoms with Gasteiger partial charge in [0.15, 0.2) is 23.0 Å². The number of hydrogen-bond donors (Lipinski definition) is 3. The first-order valence-electron chi connectivity index (χ1n) is 16.5. The molecule has 0 fully saturated rings. The molecule has 0 saturated heterocycles. The Morgan fingerprint density at radius 2 is 1.11 bits per heavy atom. The van der Waals surface area contributed by atoms with E-state index in [-0.39, 0.29) is 0 Å². The van der Waals surface area contributed by atoms with E-state index in [2.05, 4.69) is 30.8 Å². The lowest BCUT2D eigenvalue weighted by Crippen LogP contribution is -2.19. The molecule has 7 aromatic rings. The van der Waals surface area contributed by atoms with Crippen LogP contribution in [0.5, 0.6) is 46.0 Å². The van der Waals surface area contributed by atoms with Crippen LogP contribution in [0, 0.1) is 0 Å². The summed E-state index contributed by atoms with van der Waals surface area (Å²) in [6, 6.07) is 24.8. The Labute approximate surface area is 314 Å². The van der Waals surface area contributed by atoms with Gasteiger partial charge in [-0.1, -0.05) is 18.3 Å². The number of urea groups is 1. The first kappa shape index (κ1) is 36.9. The van der Waals surface area contributed by atoms with Gasteiger partial charge in [-0.3, -0.25) is 15.3 Å². The second-order valence-electron chi connectivity index (χ2n) is 11.3. The van der Waals surface area contributed by atoms with E-state index in [1.54, 1.807) is 89.4 Å². The molecule has 2 amide bonds. The number of rotatable bonds is 11. The number of nitrogens with one attached hydrogen (secondary N) is 2. The van der Waals surface area contributed by atoms with Crippen LogP contribution in [-0.4, -0.2) is 54.6 Å². The Kier molecular flexibility index (Phi) is 11.7. The summed E-state index contributed by atoms with van der Waals surface area (Å²) in [5, 5.41) is 16.3. The number of nitrogens with zero attached hydrogens (tertiary/aromatic N) is 4. The first-order valence-corrected chi connectivity index (χ1v) is 17.4. The average molecular weight is 748 g/mol. The largest absolute Gasteiger partial charge is 0.493 e. The third kappa shape index (κ3) is 8.77. The van der Waals surface area contributed by atoms with Crippen LogP contribution in [0.1, 0.15) is 11.9 Å². The Balaban J connectivity index is 0.000000197. The molecule has 7 rings (SSSR count). The lowest BCUT2D eigenvalue weighted by atomic mass is 10.2. The Morgan fingerprint density at radius 3 is 1.57 bits per heavy atom. The van der Waals surface area contributed by atoms with Gasteiger partial charge in [0, 0.05) is 46.7 Å². The number of carbonyl (C=O) groups excluding carboxylic acids is 1. The van der Waals surface area contributed by atoms with Crippen molar-refractivity contribution >= 4 is 55.7 Å². The van der Waals surface area contributed by atoms with Gasteiger partial charge in [-0.25, -0.2) is 4.79 Å². The number of anilines is 3. The number of benzene rings is 4. The van der Waals surface area contributed by atoms with Crippen molar-refractivity contribution in [3.63, 3.8) is 0 Å². The second-order valence-corrected chi connectivity index (χ2v) is 12.4. The van der Waals surface area contributed by atoms with E-state index in [0.29, 0.717) is 62.5 Å². The van der Waals surface area contributed by atoms with Crippen molar-refractivity contribution in [1.82, 2.24) is 20.2 Å². The van der Waals surface area contributed by atoms with Gasteiger partial charge in [0.1, 0.15) is 28.0 Å². The van der Waals surface area contributed by atoms with Crippen molar-refractivity contribution in [3.8, 4) is 46.0 Å². The van der Waals surface area contributed by atoms with Crippen molar-refractivity contribution in [2.24, 2.45) is 0 Å². The molecular formula is C39H37N7O7S. The summed E-state index contributed by atoms with van der Waals surface area (Å²) in [5.74, 6) is 5.07. The van der Waals surface area contributed by atoms with Crippen LogP contribution in [0.4, 0.5) is 21.3 Å². The fourth-order valence-corrected chi connectivity index (χ4v) is 5.85. The molecule has 0 radical (unpaired) electrons. The van der Waals surface area contributed by atoms with Gasteiger partial charge in [-0.05, 0) is 79.2 Å². The van der Waals surface area contributed by atoms with Crippen LogP contribution in [-0.2, 0) is 6.42 Å². The van der Waals surface area contributed by atoms with E-state index in [1.807, 2.05) is 43.3 Å². The monoisotopic (exact) mass is 747 g/mol. The van der Waals surface area contributed by atoms with Crippen molar-refractivity contribution in [3.05, 3.63) is 102 Å². The molecular weight excluding hydrogens is 711 g/mol. The maximum absolute atomic E-state index is 12.2. The highest BCUT2D eigenvalue weighted by Crippen LogP contribution is 2.38. The lowest BCUT2D eigenvalue weighted by Gasteiger charge is -2.12. The summed E-state index contributed by atoms with van der Waals surface area (Å²) in [4.78, 5) is 20.9. The van der Waals surface area contributed by atoms with Gasteiger partial charge in [0.05, 0.1) is 39.5 Å². The van der Waals surface area contributed by atoms with Gasteiger partial charge in [-0.2, -0.15) is 0 Å². The Hall–Kier alpha value is -6.87. The molecule has 0 aliphatic heterocycles. The number of aromatic nitrogens is 4. The van der Waals surface area contributed by atoms with Gasteiger partial charge in [0.25, 0.3) is 0 Å². The zero-order valence-electron chi connectivity index (χ0n) is 30.1. The number of hydrogen-bond acceptors (Lipinski definition) is 13. The van der Waals surface area contributed by atoms with Gasteiger partial charge in [-0.15, -0.1) is 10.2 Å². The minimum absolute atomic E-state index is 0.390. The number of aryl methyl sites for hydroxylation is 1. The highest BCUT2D eigenvalue weighted by molar-refractivity contribution is 7.15. The van der Waals surface area contributed by atoms with Crippen LogP contribution >= 0.6 is 11.3 Å². The number of pyridine rings is 2. The minimum atomic E-state index is -0.390. The number of carbonyl (C=O) groups is 1. The fourth-order valence-electron chi connectivity index (χ4n) is 5.18. The van der Waals surface area contributed by atoms with Crippen LogP contribution in [0.25, 0.3) is 21.8 Å². The van der Waals surface area contributed by atoms with E-state index < -0.39 is 6.03 Å². The SMILES string of the molecule is CCc1nnc(NC(=O)Nc2ccc(Oc3ccnc4cc(OC)c(OC)cc34)cc2)s1.COc1cc2nccc(Oc3ccc(N)cc3)c2cc1OC. The van der Waals surface area contributed by atoms with Gasteiger partial charge < -0.3 is 39.5 Å². The van der Waals surface area contributed by atoms with E-state index in [9.17, 15) is 4.79 Å². The summed E-state index contributed by atoms with van der Waals surface area (Å²) in [6.45, 7) is 1.98. The maximum Gasteiger partial charge on any atom is 0.325 e. The zero-order chi connectivity index (χ0) is 38.0. The molecule has 0 atom stereocenters. The van der Waals surface area contributed by atoms with Gasteiger partial charge in [0.2, 0.25) is 5.13 Å². The first-order chi connectivity index (χ1) is 26.3. The van der Waals surface area contributed by atoms with E-state index in [4.69, 9.17) is 34.2 Å². The summed E-state index contributed by atoms with van der Waals surface area (Å²) >= 11 is 1.35. The molecule has 276 valence electrons. The van der Waals surface area contributed by atoms with Crippen LogP contribution in [0.3, 0.4) is 0 Å². The molecule has 0 spiro atoms. The molecule has 0 saturated carbocycles. The molecule has 4 aromatic carbocycles. The molecule has 3 aromatic heterocycles. The number of methoxy groups -OCH3 is 4. The van der Waals surface area contributed by atoms with E-state index >= 15 is 0 Å².